The fourth-order valence-corrected chi connectivity index (χ4v) is 7.64. The van der Waals surface area contributed by atoms with Crippen molar-refractivity contribution >= 4 is 11.6 Å². The molecule has 4 fully saturated rings. The third-order valence-corrected chi connectivity index (χ3v) is 9.08. The summed E-state index contributed by atoms with van der Waals surface area (Å²) < 4.78 is 0. The fourth-order valence-electron chi connectivity index (χ4n) is 7.64. The summed E-state index contributed by atoms with van der Waals surface area (Å²) in [5.41, 5.74) is -2.40. The van der Waals surface area contributed by atoms with Crippen LogP contribution in [-0.4, -0.2) is 45.2 Å². The van der Waals surface area contributed by atoms with E-state index in [0.29, 0.717) is 12.3 Å². The number of aliphatic hydroxyl groups is 3. The summed E-state index contributed by atoms with van der Waals surface area (Å²) in [5, 5.41) is 30.6. The molecule has 0 unspecified atom stereocenters. The van der Waals surface area contributed by atoms with Crippen LogP contribution in [0, 0.1) is 34.5 Å². The van der Waals surface area contributed by atoms with Crippen molar-refractivity contribution in [3.05, 3.63) is 0 Å². The topological polar surface area (TPSA) is 94.8 Å². The third-order valence-electron chi connectivity index (χ3n) is 9.08. The standard InChI is InChI=1S/C21H32O5/c1-19-7-5-13(23)9-12(19)3-4-14-15-6-8-21(26,17(25)11-22)20(15,2)10-16(24)18(14)19/h12-15,18,22-23,26H,3-11H2,1-2H3/t12-,13+,14-,15-,18+,19-,20-,21-/m1/s1. The Bertz CT molecular complexity index is 632. The molecule has 0 aliphatic heterocycles. The van der Waals surface area contributed by atoms with E-state index in [9.17, 15) is 24.9 Å². The Morgan fingerprint density at radius 1 is 1.15 bits per heavy atom. The SMILES string of the molecule is C[C@@]12CC[C@H](O)C[C@H]1CC[C@H]1[C@H]2C(=O)C[C@]2(C)[C@@H]1CC[C@@]2(O)C(=O)CO. The van der Waals surface area contributed by atoms with Crippen LogP contribution in [0.4, 0.5) is 0 Å². The summed E-state index contributed by atoms with van der Waals surface area (Å²) in [7, 11) is 0. The first-order valence-electron chi connectivity index (χ1n) is 10.2. The van der Waals surface area contributed by atoms with E-state index in [4.69, 9.17) is 0 Å². The molecule has 0 heterocycles. The van der Waals surface area contributed by atoms with Gasteiger partial charge in [0.05, 0.1) is 6.10 Å². The molecule has 4 saturated carbocycles. The van der Waals surface area contributed by atoms with Gasteiger partial charge in [-0.25, -0.2) is 0 Å². The van der Waals surface area contributed by atoms with Crippen molar-refractivity contribution in [2.24, 2.45) is 34.5 Å². The van der Waals surface area contributed by atoms with Crippen molar-refractivity contribution in [3.63, 3.8) is 0 Å². The number of carbonyl (C=O) groups is 2. The predicted octanol–water partition coefficient (Wildman–Crippen LogP) is 1.86. The molecule has 8 atom stereocenters. The van der Waals surface area contributed by atoms with Gasteiger partial charge in [-0.15, -0.1) is 0 Å². The molecule has 26 heavy (non-hydrogen) atoms. The van der Waals surface area contributed by atoms with Crippen molar-refractivity contribution in [1.82, 2.24) is 0 Å². The minimum atomic E-state index is -1.58. The van der Waals surface area contributed by atoms with E-state index in [0.717, 1.165) is 38.5 Å². The first-order chi connectivity index (χ1) is 12.2. The van der Waals surface area contributed by atoms with Crippen molar-refractivity contribution in [1.29, 1.82) is 0 Å². The van der Waals surface area contributed by atoms with Gasteiger partial charge in [0, 0.05) is 17.8 Å². The molecule has 4 rings (SSSR count). The summed E-state index contributed by atoms with van der Waals surface area (Å²) >= 11 is 0. The Kier molecular flexibility index (Phi) is 4.18. The zero-order valence-electron chi connectivity index (χ0n) is 15.9. The van der Waals surface area contributed by atoms with Crippen LogP contribution in [0.15, 0.2) is 0 Å². The molecule has 0 saturated heterocycles. The molecule has 5 heteroatoms. The Labute approximate surface area is 155 Å². The highest BCUT2D eigenvalue weighted by atomic mass is 16.3. The van der Waals surface area contributed by atoms with Gasteiger partial charge in [0.1, 0.15) is 18.0 Å². The molecular formula is C21H32O5. The molecule has 0 aromatic heterocycles. The van der Waals surface area contributed by atoms with E-state index in [2.05, 4.69) is 6.92 Å². The van der Waals surface area contributed by atoms with Crippen molar-refractivity contribution < 1.29 is 24.9 Å². The van der Waals surface area contributed by atoms with Gasteiger partial charge < -0.3 is 15.3 Å². The number of Topliss-reactive ketones (excluding diaryl/α,β-unsaturated/α-hetero) is 2. The normalized spacial score (nSPS) is 53.6. The lowest BCUT2D eigenvalue weighted by Crippen LogP contribution is -2.62. The Balaban J connectivity index is 1.70. The second-order valence-electron chi connectivity index (χ2n) is 10.00. The number of ketones is 2. The Morgan fingerprint density at radius 3 is 2.58 bits per heavy atom. The molecular weight excluding hydrogens is 332 g/mol. The van der Waals surface area contributed by atoms with Crippen LogP contribution in [0.3, 0.4) is 0 Å². The van der Waals surface area contributed by atoms with Crippen molar-refractivity contribution in [2.45, 2.75) is 76.9 Å². The minimum Gasteiger partial charge on any atom is -0.393 e. The van der Waals surface area contributed by atoms with E-state index in [1.54, 1.807) is 0 Å². The number of fused-ring (bicyclic) bond motifs is 5. The van der Waals surface area contributed by atoms with Crippen LogP contribution in [-0.2, 0) is 9.59 Å². The quantitative estimate of drug-likeness (QED) is 0.695. The van der Waals surface area contributed by atoms with Crippen LogP contribution in [0.1, 0.15) is 65.2 Å². The second kappa shape index (κ2) is 5.86. The largest absolute Gasteiger partial charge is 0.393 e. The molecule has 0 aromatic carbocycles. The Morgan fingerprint density at radius 2 is 1.88 bits per heavy atom. The molecule has 0 radical (unpaired) electrons. The van der Waals surface area contributed by atoms with Gasteiger partial charge in [-0.2, -0.15) is 0 Å². The number of carbonyl (C=O) groups excluding carboxylic acids is 2. The second-order valence-corrected chi connectivity index (χ2v) is 10.00. The first kappa shape index (κ1) is 18.6. The highest BCUT2D eigenvalue weighted by Crippen LogP contribution is 2.67. The lowest BCUT2D eigenvalue weighted by Gasteiger charge is -2.60. The maximum atomic E-state index is 13.4. The van der Waals surface area contributed by atoms with E-state index < -0.39 is 23.4 Å². The van der Waals surface area contributed by atoms with Gasteiger partial charge in [0.15, 0.2) is 5.78 Å². The van der Waals surface area contributed by atoms with Gasteiger partial charge in [0.25, 0.3) is 0 Å². The van der Waals surface area contributed by atoms with Gasteiger partial charge >= 0.3 is 0 Å². The highest BCUT2D eigenvalue weighted by molar-refractivity contribution is 5.92. The molecule has 5 nitrogen and oxygen atoms in total. The van der Waals surface area contributed by atoms with E-state index in [1.165, 1.54) is 0 Å². The van der Waals surface area contributed by atoms with E-state index >= 15 is 0 Å². The van der Waals surface area contributed by atoms with Crippen LogP contribution in [0.5, 0.6) is 0 Å². The van der Waals surface area contributed by atoms with Gasteiger partial charge in [-0.3, -0.25) is 9.59 Å². The summed E-state index contributed by atoms with van der Waals surface area (Å²) in [5.74, 6) is 0.380. The zero-order valence-corrected chi connectivity index (χ0v) is 15.9. The van der Waals surface area contributed by atoms with Gasteiger partial charge in [-0.05, 0) is 68.1 Å². The van der Waals surface area contributed by atoms with E-state index in [-0.39, 0.29) is 41.5 Å². The van der Waals surface area contributed by atoms with Gasteiger partial charge in [0.2, 0.25) is 0 Å². The van der Waals surface area contributed by atoms with Crippen LogP contribution < -0.4 is 0 Å². The lowest BCUT2D eigenvalue weighted by molar-refractivity contribution is -0.180. The summed E-state index contributed by atoms with van der Waals surface area (Å²) in [6, 6.07) is 0. The molecule has 0 aromatic rings. The zero-order chi connectivity index (χ0) is 18.9. The molecule has 0 amide bonds. The van der Waals surface area contributed by atoms with Crippen molar-refractivity contribution in [2.75, 3.05) is 6.61 Å². The average Bonchev–Trinajstić information content (AvgIpc) is 2.86. The average molecular weight is 364 g/mol. The first-order valence-corrected chi connectivity index (χ1v) is 10.2. The fraction of sp³-hybridized carbons (Fsp3) is 0.905. The maximum absolute atomic E-state index is 13.4. The molecule has 0 spiro atoms. The lowest BCUT2D eigenvalue weighted by atomic mass is 9.44. The summed E-state index contributed by atoms with van der Waals surface area (Å²) in [6.07, 6.45) is 5.47. The smallest absolute Gasteiger partial charge is 0.190 e. The van der Waals surface area contributed by atoms with Crippen LogP contribution >= 0.6 is 0 Å². The minimum absolute atomic E-state index is 0.0154. The van der Waals surface area contributed by atoms with E-state index in [1.807, 2.05) is 6.92 Å². The molecule has 3 N–H and O–H groups in total. The van der Waals surface area contributed by atoms with Crippen LogP contribution in [0.25, 0.3) is 0 Å². The monoisotopic (exact) mass is 364 g/mol. The third kappa shape index (κ3) is 2.20. The molecule has 146 valence electrons. The molecule has 4 aliphatic rings. The number of rotatable bonds is 2. The molecule has 0 bridgehead atoms. The number of aliphatic hydroxyl groups excluding tert-OH is 2. The summed E-state index contributed by atoms with van der Waals surface area (Å²) in [6.45, 7) is 3.46. The van der Waals surface area contributed by atoms with Crippen LogP contribution in [0.2, 0.25) is 0 Å². The maximum Gasteiger partial charge on any atom is 0.190 e. The number of hydrogen-bond donors (Lipinski definition) is 3. The number of hydrogen-bond acceptors (Lipinski definition) is 5. The van der Waals surface area contributed by atoms with Crippen molar-refractivity contribution in [3.8, 4) is 0 Å². The Hall–Kier alpha value is -0.780. The molecule has 4 aliphatic carbocycles. The summed E-state index contributed by atoms with van der Waals surface area (Å²) in [4.78, 5) is 25.7. The van der Waals surface area contributed by atoms with Gasteiger partial charge in [-0.1, -0.05) is 13.8 Å². The predicted molar refractivity (Wildman–Crippen MR) is 95.2 cm³/mol. The highest BCUT2D eigenvalue weighted by Gasteiger charge is 2.68.